The molecule has 1 unspecified atom stereocenters. The van der Waals surface area contributed by atoms with Gasteiger partial charge in [-0.05, 0) is 31.0 Å². The highest BCUT2D eigenvalue weighted by Crippen LogP contribution is 2.40. The number of hydrogen-bond acceptors (Lipinski definition) is 3. The van der Waals surface area contributed by atoms with Crippen molar-refractivity contribution < 1.29 is 9.13 Å². The maximum atomic E-state index is 13.8. The van der Waals surface area contributed by atoms with Crippen molar-refractivity contribution in [1.82, 2.24) is 4.72 Å². The van der Waals surface area contributed by atoms with Crippen molar-refractivity contribution in [3.63, 3.8) is 0 Å². The molecule has 126 valence electrons. The molecule has 24 heavy (non-hydrogen) atoms. The third-order valence-corrected chi connectivity index (χ3v) is 4.92. The monoisotopic (exact) mass is 365 g/mol. The number of nitrogens with one attached hydrogen (secondary N) is 2. The minimum Gasteiger partial charge on any atom is -0.380 e. The second-order valence-electron chi connectivity index (χ2n) is 5.34. The van der Waals surface area contributed by atoms with Crippen molar-refractivity contribution in [3.8, 4) is 11.1 Å². The first-order valence-corrected chi connectivity index (χ1v) is 8.64. The van der Waals surface area contributed by atoms with E-state index in [9.17, 15) is 4.39 Å². The fraction of sp³-hybridized carbons (Fsp3) is 0.235. The predicted octanol–water partition coefficient (Wildman–Crippen LogP) is 4.56. The molecule has 2 aromatic rings. The molecule has 1 heterocycles. The zero-order valence-electron chi connectivity index (χ0n) is 13.3. The molecule has 3 rings (SSSR count). The third-order valence-electron chi connectivity index (χ3n) is 3.68. The minimum absolute atomic E-state index is 0.0282. The topological polar surface area (TPSA) is 45.6 Å². The van der Waals surface area contributed by atoms with Crippen LogP contribution in [0.4, 0.5) is 10.1 Å². The summed E-state index contributed by atoms with van der Waals surface area (Å²) < 4.78 is 22.2. The van der Waals surface area contributed by atoms with Crippen molar-refractivity contribution in [2.24, 2.45) is 4.99 Å². The molecule has 0 radical (unpaired) electrons. The zero-order chi connectivity index (χ0) is 17.1. The summed E-state index contributed by atoms with van der Waals surface area (Å²) in [4.78, 5) is 5.46. The predicted molar refractivity (Wildman–Crippen MR) is 98.2 cm³/mol. The lowest BCUT2D eigenvalue weighted by Crippen LogP contribution is -2.30. The highest BCUT2D eigenvalue weighted by molar-refractivity contribution is 7.98. The van der Waals surface area contributed by atoms with Gasteiger partial charge in [-0.2, -0.15) is 0 Å². The lowest BCUT2D eigenvalue weighted by Gasteiger charge is -2.23. The Hall–Kier alpha value is -1.76. The molecule has 0 saturated carbocycles. The third kappa shape index (κ3) is 3.50. The van der Waals surface area contributed by atoms with E-state index in [1.54, 1.807) is 19.2 Å². The maximum absolute atomic E-state index is 13.8. The van der Waals surface area contributed by atoms with E-state index in [0.717, 1.165) is 16.1 Å². The van der Waals surface area contributed by atoms with Crippen LogP contribution < -0.4 is 10.0 Å². The van der Waals surface area contributed by atoms with Crippen LogP contribution in [0, 0.1) is 5.82 Å². The van der Waals surface area contributed by atoms with Gasteiger partial charge in [-0.1, -0.05) is 35.9 Å². The summed E-state index contributed by atoms with van der Waals surface area (Å²) in [5.41, 5.74) is 2.34. The number of guanidine groups is 1. The first kappa shape index (κ1) is 17.1. The number of fused-ring (bicyclic) bond motifs is 1. The molecular weight excluding hydrogens is 349 g/mol. The highest BCUT2D eigenvalue weighted by atomic mass is 35.5. The second-order valence-corrected chi connectivity index (χ2v) is 6.57. The number of methoxy groups -OCH3 is 1. The van der Waals surface area contributed by atoms with Gasteiger partial charge in [-0.3, -0.25) is 4.72 Å². The van der Waals surface area contributed by atoms with Gasteiger partial charge in [0.05, 0.1) is 28.3 Å². The molecule has 1 aliphatic rings. The van der Waals surface area contributed by atoms with Crippen LogP contribution in [-0.4, -0.2) is 25.7 Å². The maximum Gasteiger partial charge on any atom is 0.206 e. The average molecular weight is 366 g/mol. The van der Waals surface area contributed by atoms with E-state index in [-0.39, 0.29) is 11.1 Å². The first-order valence-electron chi connectivity index (χ1n) is 7.44. The van der Waals surface area contributed by atoms with E-state index in [4.69, 9.17) is 16.3 Å². The van der Waals surface area contributed by atoms with Gasteiger partial charge >= 0.3 is 0 Å². The Morgan fingerprint density at radius 2 is 2.00 bits per heavy atom. The fourth-order valence-corrected chi connectivity index (χ4v) is 3.25. The van der Waals surface area contributed by atoms with Crippen LogP contribution in [0.2, 0.25) is 5.02 Å². The van der Waals surface area contributed by atoms with Crippen molar-refractivity contribution in [3.05, 3.63) is 47.2 Å². The van der Waals surface area contributed by atoms with Crippen molar-refractivity contribution in [2.75, 3.05) is 19.0 Å². The van der Waals surface area contributed by atoms with E-state index in [2.05, 4.69) is 15.0 Å². The van der Waals surface area contributed by atoms with Crippen LogP contribution >= 0.6 is 23.5 Å². The molecule has 2 aromatic carbocycles. The number of rotatable bonds is 4. The van der Waals surface area contributed by atoms with E-state index in [1.807, 2.05) is 25.1 Å². The van der Waals surface area contributed by atoms with Crippen LogP contribution in [0.15, 0.2) is 46.3 Å². The van der Waals surface area contributed by atoms with Gasteiger partial charge in [0.25, 0.3) is 0 Å². The molecule has 7 heteroatoms. The summed E-state index contributed by atoms with van der Waals surface area (Å²) in [6.45, 7) is 2.48. The van der Waals surface area contributed by atoms with Gasteiger partial charge in [0.15, 0.2) is 0 Å². The Balaban J connectivity index is 1.97. The first-order chi connectivity index (χ1) is 11.6. The summed E-state index contributed by atoms with van der Waals surface area (Å²) in [6, 6.07) is 10.6. The largest absolute Gasteiger partial charge is 0.380 e. The summed E-state index contributed by atoms with van der Waals surface area (Å²) >= 11 is 7.61. The van der Waals surface area contributed by atoms with Crippen molar-refractivity contribution in [2.45, 2.75) is 17.9 Å². The van der Waals surface area contributed by atoms with Crippen molar-refractivity contribution in [1.29, 1.82) is 0 Å². The van der Waals surface area contributed by atoms with Crippen molar-refractivity contribution >= 4 is 35.2 Å². The van der Waals surface area contributed by atoms with E-state index in [1.165, 1.54) is 18.0 Å². The Morgan fingerprint density at radius 1 is 1.25 bits per heavy atom. The fourth-order valence-electron chi connectivity index (χ4n) is 2.29. The molecular formula is C17H17ClFN3OS. The number of aliphatic imine (C=N–C) groups is 1. The Morgan fingerprint density at radius 3 is 2.79 bits per heavy atom. The quantitative estimate of drug-likeness (QED) is 0.780. The van der Waals surface area contributed by atoms with E-state index < -0.39 is 5.82 Å². The summed E-state index contributed by atoms with van der Waals surface area (Å²) in [7, 11) is 1.65. The van der Waals surface area contributed by atoms with Gasteiger partial charge in [0, 0.05) is 18.2 Å². The van der Waals surface area contributed by atoms with E-state index in [0.29, 0.717) is 18.1 Å². The van der Waals surface area contributed by atoms with Crippen LogP contribution in [0.25, 0.3) is 11.1 Å². The Bertz CT molecular complexity index is 784. The number of anilines is 1. The molecule has 0 amide bonds. The molecule has 2 N–H and O–H groups in total. The van der Waals surface area contributed by atoms with Crippen LogP contribution in [0.5, 0.6) is 0 Å². The molecule has 0 bridgehead atoms. The molecule has 4 nitrogen and oxygen atoms in total. The molecule has 0 aromatic heterocycles. The average Bonchev–Trinajstić information content (AvgIpc) is 2.61. The lowest BCUT2D eigenvalue weighted by atomic mass is 10.0. The molecule has 0 saturated heterocycles. The molecule has 1 aliphatic heterocycles. The number of para-hydroxylation sites is 1. The second kappa shape index (κ2) is 7.42. The number of halogens is 2. The van der Waals surface area contributed by atoms with Gasteiger partial charge in [-0.15, -0.1) is 0 Å². The molecule has 0 aliphatic carbocycles. The highest BCUT2D eigenvalue weighted by Gasteiger charge is 2.20. The van der Waals surface area contributed by atoms with Crippen LogP contribution in [0.1, 0.15) is 6.92 Å². The summed E-state index contributed by atoms with van der Waals surface area (Å²) in [5.74, 6) is 0.201. The summed E-state index contributed by atoms with van der Waals surface area (Å²) in [5, 5.41) is 3.39. The molecule has 0 spiro atoms. The SMILES string of the molecule is COC(C)CN=C1NSc2cccc(-c3cccc(F)c3Cl)c2N1. The molecule has 1 atom stereocenters. The van der Waals surface area contributed by atoms with Gasteiger partial charge in [0.2, 0.25) is 5.96 Å². The van der Waals surface area contributed by atoms with Crippen LogP contribution in [-0.2, 0) is 4.74 Å². The number of ether oxygens (including phenoxy) is 1. The number of hydrogen-bond donors (Lipinski definition) is 2. The van der Waals surface area contributed by atoms with Gasteiger partial charge in [0.1, 0.15) is 5.82 Å². The number of nitrogens with zero attached hydrogens (tertiary/aromatic N) is 1. The lowest BCUT2D eigenvalue weighted by molar-refractivity contribution is 0.125. The number of benzene rings is 2. The standard InChI is InChI=1S/C17H17ClFN3OS/c1-10(23-2)9-20-17-21-16-12(6-4-8-14(16)24-22-17)11-5-3-7-13(19)15(11)18/h3-8,10H,9H2,1-2H3,(H2,20,21,22). The smallest absolute Gasteiger partial charge is 0.206 e. The normalized spacial score (nSPS) is 16.2. The molecule has 0 fully saturated rings. The van der Waals surface area contributed by atoms with Gasteiger partial charge < -0.3 is 10.1 Å². The van der Waals surface area contributed by atoms with Gasteiger partial charge in [-0.25, -0.2) is 9.38 Å². The van der Waals surface area contributed by atoms with E-state index >= 15 is 0 Å². The minimum atomic E-state index is -0.434. The Kier molecular flexibility index (Phi) is 5.28. The zero-order valence-corrected chi connectivity index (χ0v) is 14.8. The summed E-state index contributed by atoms with van der Waals surface area (Å²) in [6.07, 6.45) is 0.0282. The Labute approximate surface area is 149 Å². The van der Waals surface area contributed by atoms with Crippen LogP contribution in [0.3, 0.4) is 0 Å².